The summed E-state index contributed by atoms with van der Waals surface area (Å²) in [7, 11) is 3.09. The lowest BCUT2D eigenvalue weighted by Gasteiger charge is -2.21. The molecular weight excluding hydrogens is 421 g/mol. The Morgan fingerprint density at radius 2 is 1.72 bits per heavy atom. The second-order valence-corrected chi connectivity index (χ2v) is 7.62. The van der Waals surface area contributed by atoms with Crippen LogP contribution in [0.5, 0.6) is 11.5 Å². The molecule has 0 amide bonds. The first-order valence-electron chi connectivity index (χ1n) is 9.98. The molecule has 2 aromatic carbocycles. The number of imidazole rings is 1. The van der Waals surface area contributed by atoms with Gasteiger partial charge < -0.3 is 14.8 Å². The van der Waals surface area contributed by atoms with E-state index >= 15 is 0 Å². The average molecular weight is 444 g/mol. The summed E-state index contributed by atoms with van der Waals surface area (Å²) in [5.41, 5.74) is 1.64. The number of hydrogen-bond donors (Lipinski definition) is 1. The lowest BCUT2D eigenvalue weighted by Crippen LogP contribution is -2.14. The number of aromatic nitrogens is 3. The minimum absolute atomic E-state index is 0.182. The fourth-order valence-corrected chi connectivity index (χ4v) is 3.98. The molecular formula is C23H23F3N4O2. The number of methoxy groups -OCH3 is 2. The second-order valence-electron chi connectivity index (χ2n) is 7.62. The van der Waals surface area contributed by atoms with Gasteiger partial charge in [-0.2, -0.15) is 18.2 Å². The zero-order valence-electron chi connectivity index (χ0n) is 18.3. The van der Waals surface area contributed by atoms with Crippen LogP contribution < -0.4 is 14.8 Å². The maximum absolute atomic E-state index is 13.4. The van der Waals surface area contributed by atoms with Gasteiger partial charge >= 0.3 is 6.18 Å². The number of benzene rings is 2. The number of nitrogens with zero attached hydrogens (tertiary/aromatic N) is 3. The molecule has 0 aliphatic heterocycles. The van der Waals surface area contributed by atoms with E-state index in [2.05, 4.69) is 15.3 Å². The van der Waals surface area contributed by atoms with Crippen LogP contribution in [0.4, 0.5) is 19.0 Å². The van der Waals surface area contributed by atoms with Crippen molar-refractivity contribution >= 4 is 22.5 Å². The SMILES string of the molecule is COc1cc2c(N[C@H](C)c3cccc(C(F)(F)F)c3C)nc3nc(C)cn3c2cc1OC. The highest BCUT2D eigenvalue weighted by Gasteiger charge is 2.33. The van der Waals surface area contributed by atoms with Crippen molar-refractivity contribution < 1.29 is 22.6 Å². The Morgan fingerprint density at radius 3 is 2.38 bits per heavy atom. The number of anilines is 1. The molecule has 6 nitrogen and oxygen atoms in total. The minimum Gasteiger partial charge on any atom is -0.493 e. The number of ether oxygens (including phenoxy) is 2. The van der Waals surface area contributed by atoms with Crippen molar-refractivity contribution in [2.75, 3.05) is 19.5 Å². The first-order valence-corrected chi connectivity index (χ1v) is 9.98. The Morgan fingerprint density at radius 1 is 1.03 bits per heavy atom. The third-order valence-electron chi connectivity index (χ3n) is 5.54. The number of rotatable bonds is 5. The molecule has 0 unspecified atom stereocenters. The first kappa shape index (κ1) is 21.7. The van der Waals surface area contributed by atoms with Crippen molar-refractivity contribution in [3.8, 4) is 11.5 Å². The van der Waals surface area contributed by atoms with E-state index < -0.39 is 17.8 Å². The van der Waals surface area contributed by atoms with E-state index in [0.717, 1.165) is 22.7 Å². The maximum atomic E-state index is 13.4. The zero-order valence-corrected chi connectivity index (χ0v) is 18.3. The molecule has 1 N–H and O–H groups in total. The van der Waals surface area contributed by atoms with Crippen LogP contribution in [0, 0.1) is 13.8 Å². The summed E-state index contributed by atoms with van der Waals surface area (Å²) in [5, 5.41) is 4.01. The molecule has 0 aliphatic carbocycles. The zero-order chi connectivity index (χ0) is 23.2. The van der Waals surface area contributed by atoms with Crippen LogP contribution >= 0.6 is 0 Å². The van der Waals surface area contributed by atoms with Gasteiger partial charge in [0.25, 0.3) is 0 Å². The number of nitrogens with one attached hydrogen (secondary N) is 1. The van der Waals surface area contributed by atoms with Crippen LogP contribution in [0.3, 0.4) is 0 Å². The second kappa shape index (κ2) is 7.89. The lowest BCUT2D eigenvalue weighted by molar-refractivity contribution is -0.138. The van der Waals surface area contributed by atoms with Gasteiger partial charge in [-0.3, -0.25) is 4.40 Å². The number of hydrogen-bond acceptors (Lipinski definition) is 5. The fourth-order valence-electron chi connectivity index (χ4n) is 3.98. The number of fused-ring (bicyclic) bond motifs is 3. The van der Waals surface area contributed by atoms with Gasteiger partial charge in [-0.15, -0.1) is 0 Å². The Hall–Kier alpha value is -3.49. The van der Waals surface area contributed by atoms with Gasteiger partial charge in [-0.25, -0.2) is 4.98 Å². The van der Waals surface area contributed by atoms with Crippen molar-refractivity contribution in [1.29, 1.82) is 0 Å². The van der Waals surface area contributed by atoms with E-state index in [-0.39, 0.29) is 5.56 Å². The average Bonchev–Trinajstić information content (AvgIpc) is 3.12. The maximum Gasteiger partial charge on any atom is 0.416 e. The molecule has 168 valence electrons. The summed E-state index contributed by atoms with van der Waals surface area (Å²) in [6.45, 7) is 5.15. The third kappa shape index (κ3) is 3.68. The first-order chi connectivity index (χ1) is 15.1. The number of alkyl halides is 3. The van der Waals surface area contributed by atoms with Gasteiger partial charge in [0.05, 0.1) is 37.0 Å². The van der Waals surface area contributed by atoms with Crippen LogP contribution in [0.25, 0.3) is 16.7 Å². The van der Waals surface area contributed by atoms with E-state index in [1.807, 2.05) is 23.6 Å². The van der Waals surface area contributed by atoms with Gasteiger partial charge in [0.1, 0.15) is 5.82 Å². The van der Waals surface area contributed by atoms with Crippen LogP contribution in [0.1, 0.15) is 35.3 Å². The van der Waals surface area contributed by atoms with Gasteiger partial charge in [0.15, 0.2) is 11.5 Å². The van der Waals surface area contributed by atoms with Gasteiger partial charge in [0, 0.05) is 17.6 Å². The molecule has 0 bridgehead atoms. The van der Waals surface area contributed by atoms with Crippen LogP contribution in [-0.2, 0) is 6.18 Å². The summed E-state index contributed by atoms with van der Waals surface area (Å²) < 4.78 is 52.9. The molecule has 2 aromatic heterocycles. The van der Waals surface area contributed by atoms with E-state index in [4.69, 9.17) is 9.47 Å². The van der Waals surface area contributed by atoms with Crippen molar-refractivity contribution in [2.24, 2.45) is 0 Å². The minimum atomic E-state index is -4.42. The number of aryl methyl sites for hydroxylation is 1. The van der Waals surface area contributed by atoms with E-state index in [1.54, 1.807) is 33.3 Å². The summed E-state index contributed by atoms with van der Waals surface area (Å²) in [6.07, 6.45) is -2.55. The lowest BCUT2D eigenvalue weighted by atomic mass is 9.97. The van der Waals surface area contributed by atoms with Crippen molar-refractivity contribution in [3.63, 3.8) is 0 Å². The van der Waals surface area contributed by atoms with Gasteiger partial charge in [0.2, 0.25) is 5.78 Å². The van der Waals surface area contributed by atoms with Crippen molar-refractivity contribution in [2.45, 2.75) is 33.0 Å². The van der Waals surface area contributed by atoms with Crippen LogP contribution in [0.2, 0.25) is 0 Å². The summed E-state index contributed by atoms with van der Waals surface area (Å²) in [6, 6.07) is 7.38. The molecule has 9 heteroatoms. The normalized spacial score (nSPS) is 12.9. The Kier molecular flexibility index (Phi) is 5.36. The highest BCUT2D eigenvalue weighted by atomic mass is 19.4. The molecule has 0 spiro atoms. The highest BCUT2D eigenvalue weighted by molar-refractivity contribution is 5.94. The smallest absolute Gasteiger partial charge is 0.416 e. The molecule has 0 radical (unpaired) electrons. The third-order valence-corrected chi connectivity index (χ3v) is 5.54. The Balaban J connectivity index is 1.87. The standard InChI is InChI=1S/C23H23F3N4O2/c1-12-11-30-18-10-20(32-5)19(31-4)9-16(18)21(29-22(30)27-12)28-14(3)15-7-6-8-17(13(15)2)23(24,25)26/h6-11,14H,1-5H3,(H,27,28,29)/t14-/m1/s1. The van der Waals surface area contributed by atoms with E-state index in [9.17, 15) is 13.2 Å². The molecule has 32 heavy (non-hydrogen) atoms. The van der Waals surface area contributed by atoms with Crippen molar-refractivity contribution in [3.05, 3.63) is 58.9 Å². The molecule has 0 aliphatic rings. The highest BCUT2D eigenvalue weighted by Crippen LogP contribution is 2.38. The van der Waals surface area contributed by atoms with Crippen molar-refractivity contribution in [1.82, 2.24) is 14.4 Å². The molecule has 0 saturated heterocycles. The molecule has 4 aromatic rings. The van der Waals surface area contributed by atoms with Gasteiger partial charge in [-0.1, -0.05) is 12.1 Å². The summed E-state index contributed by atoms with van der Waals surface area (Å²) in [4.78, 5) is 9.10. The fraction of sp³-hybridized carbons (Fsp3) is 0.304. The van der Waals surface area contributed by atoms with E-state index in [0.29, 0.717) is 28.7 Å². The largest absolute Gasteiger partial charge is 0.493 e. The summed E-state index contributed by atoms with van der Waals surface area (Å²) in [5.74, 6) is 2.02. The monoisotopic (exact) mass is 444 g/mol. The predicted octanol–water partition coefficient (Wildman–Crippen LogP) is 5.71. The molecule has 0 fully saturated rings. The topological polar surface area (TPSA) is 60.7 Å². The predicted molar refractivity (Wildman–Crippen MR) is 117 cm³/mol. The molecule has 0 saturated carbocycles. The molecule has 1 atom stereocenters. The Bertz CT molecular complexity index is 1310. The quantitative estimate of drug-likeness (QED) is 0.427. The summed E-state index contributed by atoms with van der Waals surface area (Å²) >= 11 is 0. The van der Waals surface area contributed by atoms with Crippen LogP contribution in [-0.4, -0.2) is 28.6 Å². The van der Waals surface area contributed by atoms with Crippen LogP contribution in [0.15, 0.2) is 36.5 Å². The Labute approximate surface area is 183 Å². The number of halogens is 3. The molecule has 4 rings (SSSR count). The molecule has 2 heterocycles. The van der Waals surface area contributed by atoms with E-state index in [1.165, 1.54) is 13.0 Å². The van der Waals surface area contributed by atoms with Gasteiger partial charge in [-0.05, 0) is 44.0 Å².